The molecule has 3 atom stereocenters. The Kier molecular flexibility index (Phi) is 2.89. The monoisotopic (exact) mass is 269 g/mol. The van der Waals surface area contributed by atoms with E-state index in [2.05, 4.69) is 5.32 Å². The second-order valence-electron chi connectivity index (χ2n) is 4.86. The summed E-state index contributed by atoms with van der Waals surface area (Å²) in [6, 6.07) is 6.11. The molecule has 0 radical (unpaired) electrons. The van der Waals surface area contributed by atoms with E-state index in [0.717, 1.165) is 12.8 Å². The van der Waals surface area contributed by atoms with Crippen molar-refractivity contribution in [1.29, 1.82) is 0 Å². The summed E-state index contributed by atoms with van der Waals surface area (Å²) in [5.74, 6) is 0.210. The Balaban J connectivity index is 1.89. The highest BCUT2D eigenvalue weighted by Gasteiger charge is 2.43. The summed E-state index contributed by atoms with van der Waals surface area (Å²) >= 11 is 12.0. The first-order chi connectivity index (χ1) is 8.16. The molecule has 0 spiro atoms. The van der Waals surface area contributed by atoms with Gasteiger partial charge in [0.15, 0.2) is 5.78 Å². The van der Waals surface area contributed by atoms with Crippen molar-refractivity contribution in [2.45, 2.75) is 31.3 Å². The van der Waals surface area contributed by atoms with Gasteiger partial charge in [-0.15, -0.1) is 0 Å². The largest absolute Gasteiger partial charge is 0.310 e. The Hall–Kier alpha value is -0.570. The van der Waals surface area contributed by atoms with Gasteiger partial charge in [-0.25, -0.2) is 0 Å². The molecule has 4 heteroatoms. The molecule has 2 fully saturated rings. The van der Waals surface area contributed by atoms with Crippen LogP contribution in [0.3, 0.4) is 0 Å². The topological polar surface area (TPSA) is 29.1 Å². The quantitative estimate of drug-likeness (QED) is 0.835. The Morgan fingerprint density at radius 2 is 2.12 bits per heavy atom. The third kappa shape index (κ3) is 1.88. The van der Waals surface area contributed by atoms with E-state index in [1.54, 1.807) is 18.2 Å². The van der Waals surface area contributed by atoms with Gasteiger partial charge in [0.1, 0.15) is 0 Å². The molecular weight excluding hydrogens is 257 g/mol. The summed E-state index contributed by atoms with van der Waals surface area (Å²) < 4.78 is 0. The molecule has 1 aromatic carbocycles. The van der Waals surface area contributed by atoms with E-state index < -0.39 is 0 Å². The van der Waals surface area contributed by atoms with Gasteiger partial charge in [0.05, 0.1) is 10.0 Å². The van der Waals surface area contributed by atoms with Crippen molar-refractivity contribution in [3.63, 3.8) is 0 Å². The van der Waals surface area contributed by atoms with E-state index in [4.69, 9.17) is 23.2 Å². The maximum absolute atomic E-state index is 12.4. The minimum Gasteiger partial charge on any atom is -0.310 e. The van der Waals surface area contributed by atoms with Crippen LogP contribution in [0.25, 0.3) is 0 Å². The molecule has 2 saturated heterocycles. The van der Waals surface area contributed by atoms with Crippen molar-refractivity contribution in [2.24, 2.45) is 5.92 Å². The van der Waals surface area contributed by atoms with Crippen molar-refractivity contribution in [1.82, 2.24) is 5.32 Å². The summed E-state index contributed by atoms with van der Waals surface area (Å²) in [4.78, 5) is 12.4. The number of benzene rings is 1. The minimum atomic E-state index is 0.0738. The lowest BCUT2D eigenvalue weighted by atomic mass is 9.84. The molecule has 2 aliphatic heterocycles. The molecule has 0 amide bonds. The van der Waals surface area contributed by atoms with Crippen LogP contribution in [-0.2, 0) is 0 Å². The predicted octanol–water partition coefficient (Wildman–Crippen LogP) is 3.32. The van der Waals surface area contributed by atoms with E-state index in [-0.39, 0.29) is 11.7 Å². The maximum Gasteiger partial charge on any atom is 0.169 e. The first kappa shape index (κ1) is 11.5. The van der Waals surface area contributed by atoms with Gasteiger partial charge in [-0.1, -0.05) is 29.3 Å². The van der Waals surface area contributed by atoms with Crippen LogP contribution < -0.4 is 5.32 Å². The van der Waals surface area contributed by atoms with Gasteiger partial charge in [-0.2, -0.15) is 0 Å². The summed E-state index contributed by atoms with van der Waals surface area (Å²) in [6.45, 7) is 0. The highest BCUT2D eigenvalue weighted by molar-refractivity contribution is 6.44. The second kappa shape index (κ2) is 4.27. The predicted molar refractivity (Wildman–Crippen MR) is 68.8 cm³/mol. The Labute approximate surface area is 110 Å². The van der Waals surface area contributed by atoms with Gasteiger partial charge >= 0.3 is 0 Å². The molecule has 0 aromatic heterocycles. The first-order valence-corrected chi connectivity index (χ1v) is 6.66. The van der Waals surface area contributed by atoms with Crippen molar-refractivity contribution >= 4 is 29.0 Å². The number of Topliss-reactive ketones (excluding diaryl/α,β-unsaturated/α-hetero) is 1. The SMILES string of the molecule is O=C(c1cccc(Cl)c1Cl)C1CC2CCC1N2. The molecule has 3 rings (SSSR count). The maximum atomic E-state index is 12.4. The van der Waals surface area contributed by atoms with Crippen molar-refractivity contribution in [3.8, 4) is 0 Å². The van der Waals surface area contributed by atoms with Crippen LogP contribution >= 0.6 is 23.2 Å². The van der Waals surface area contributed by atoms with Gasteiger partial charge in [-0.05, 0) is 31.4 Å². The van der Waals surface area contributed by atoms with Crippen LogP contribution in [0.5, 0.6) is 0 Å². The smallest absolute Gasteiger partial charge is 0.169 e. The lowest BCUT2D eigenvalue weighted by Crippen LogP contribution is -2.28. The summed E-state index contributed by atoms with van der Waals surface area (Å²) in [5.41, 5.74) is 0.568. The average Bonchev–Trinajstić information content (AvgIpc) is 2.94. The van der Waals surface area contributed by atoms with E-state index >= 15 is 0 Å². The minimum absolute atomic E-state index is 0.0738. The zero-order valence-corrected chi connectivity index (χ0v) is 10.8. The molecule has 1 N–H and O–H groups in total. The fourth-order valence-electron chi connectivity index (χ4n) is 3.01. The van der Waals surface area contributed by atoms with Gasteiger partial charge in [0, 0.05) is 23.6 Å². The third-order valence-electron chi connectivity index (χ3n) is 3.85. The standard InChI is InChI=1S/C13H13Cl2NO/c14-10-3-1-2-8(12(10)15)13(17)9-6-7-4-5-11(9)16-7/h1-3,7,9,11,16H,4-6H2. The number of rotatable bonds is 2. The zero-order valence-electron chi connectivity index (χ0n) is 9.25. The van der Waals surface area contributed by atoms with E-state index in [1.165, 1.54) is 6.42 Å². The average molecular weight is 270 g/mol. The number of carbonyl (C=O) groups is 1. The van der Waals surface area contributed by atoms with Crippen LogP contribution in [0.2, 0.25) is 10.0 Å². The summed E-state index contributed by atoms with van der Waals surface area (Å²) in [6.07, 6.45) is 3.23. The van der Waals surface area contributed by atoms with Crippen molar-refractivity contribution in [2.75, 3.05) is 0 Å². The van der Waals surface area contributed by atoms with Gasteiger partial charge in [0.25, 0.3) is 0 Å². The van der Waals surface area contributed by atoms with Crippen LogP contribution in [0, 0.1) is 5.92 Å². The molecule has 2 aliphatic rings. The van der Waals surface area contributed by atoms with Gasteiger partial charge in [0.2, 0.25) is 0 Å². The Morgan fingerprint density at radius 1 is 1.29 bits per heavy atom. The second-order valence-corrected chi connectivity index (χ2v) is 5.64. The fraction of sp³-hybridized carbons (Fsp3) is 0.462. The van der Waals surface area contributed by atoms with Crippen molar-refractivity contribution in [3.05, 3.63) is 33.8 Å². The molecule has 0 saturated carbocycles. The van der Waals surface area contributed by atoms with Gasteiger partial charge in [-0.3, -0.25) is 4.79 Å². The molecule has 0 aliphatic carbocycles. The van der Waals surface area contributed by atoms with Crippen LogP contribution in [0.1, 0.15) is 29.6 Å². The zero-order chi connectivity index (χ0) is 12.0. The summed E-state index contributed by atoms with van der Waals surface area (Å²) in [7, 11) is 0. The molecule has 2 bridgehead atoms. The normalized spacial score (nSPS) is 30.8. The van der Waals surface area contributed by atoms with Crippen LogP contribution in [-0.4, -0.2) is 17.9 Å². The molecule has 1 aromatic rings. The molecular formula is C13H13Cl2NO. The molecule has 2 heterocycles. The van der Waals surface area contributed by atoms with Crippen LogP contribution in [0.15, 0.2) is 18.2 Å². The number of fused-ring (bicyclic) bond motifs is 2. The number of ketones is 1. The van der Waals surface area contributed by atoms with Crippen LogP contribution in [0.4, 0.5) is 0 Å². The number of halogens is 2. The highest BCUT2D eigenvalue weighted by Crippen LogP contribution is 2.37. The first-order valence-electron chi connectivity index (χ1n) is 5.91. The van der Waals surface area contributed by atoms with E-state index in [1.807, 2.05) is 0 Å². The fourth-order valence-corrected chi connectivity index (χ4v) is 3.40. The number of hydrogen-bond acceptors (Lipinski definition) is 2. The van der Waals surface area contributed by atoms with E-state index in [0.29, 0.717) is 27.7 Å². The summed E-state index contributed by atoms with van der Waals surface area (Å²) in [5, 5.41) is 4.31. The molecule has 17 heavy (non-hydrogen) atoms. The lowest BCUT2D eigenvalue weighted by Gasteiger charge is -2.19. The Morgan fingerprint density at radius 3 is 2.76 bits per heavy atom. The Bertz CT molecular complexity index is 474. The lowest BCUT2D eigenvalue weighted by molar-refractivity contribution is 0.0901. The van der Waals surface area contributed by atoms with Gasteiger partial charge < -0.3 is 5.32 Å². The number of hydrogen-bond donors (Lipinski definition) is 1. The third-order valence-corrected chi connectivity index (χ3v) is 4.67. The molecule has 3 unspecified atom stereocenters. The highest BCUT2D eigenvalue weighted by atomic mass is 35.5. The number of carbonyl (C=O) groups excluding carboxylic acids is 1. The number of nitrogens with one attached hydrogen (secondary N) is 1. The molecule has 90 valence electrons. The van der Waals surface area contributed by atoms with Crippen molar-refractivity contribution < 1.29 is 4.79 Å². The van der Waals surface area contributed by atoms with E-state index in [9.17, 15) is 4.79 Å². The molecule has 2 nitrogen and oxygen atoms in total.